The standard InChI is InChI=1S/C15H7Br2Cl2NO2/c16-8-5-9(17)12(20-15(22)14(18)19)11-10(8)6-3-1-2-4-7(6)13(11)21/h1-5,14H,(H,20,22). The zero-order chi connectivity index (χ0) is 16.0. The number of nitrogens with one attached hydrogen (secondary N) is 1. The highest BCUT2D eigenvalue weighted by Gasteiger charge is 2.33. The minimum atomic E-state index is -1.22. The Bertz CT molecular complexity index is 821. The summed E-state index contributed by atoms with van der Waals surface area (Å²) in [5, 5.41) is 2.61. The van der Waals surface area contributed by atoms with E-state index >= 15 is 0 Å². The summed E-state index contributed by atoms with van der Waals surface area (Å²) in [5.41, 5.74) is 2.96. The van der Waals surface area contributed by atoms with E-state index in [1.54, 1.807) is 18.2 Å². The van der Waals surface area contributed by atoms with Gasteiger partial charge in [0.1, 0.15) is 0 Å². The van der Waals surface area contributed by atoms with Crippen molar-refractivity contribution < 1.29 is 9.59 Å². The van der Waals surface area contributed by atoms with Crippen LogP contribution in [0.2, 0.25) is 0 Å². The van der Waals surface area contributed by atoms with E-state index < -0.39 is 10.7 Å². The van der Waals surface area contributed by atoms with E-state index in [1.807, 2.05) is 12.1 Å². The van der Waals surface area contributed by atoms with Crippen molar-refractivity contribution in [3.63, 3.8) is 0 Å². The predicted octanol–water partition coefficient (Wildman–Crippen LogP) is 5.17. The summed E-state index contributed by atoms with van der Waals surface area (Å²) >= 11 is 18.0. The summed E-state index contributed by atoms with van der Waals surface area (Å²) in [6.07, 6.45) is 0. The number of hydrogen-bond acceptors (Lipinski definition) is 2. The van der Waals surface area contributed by atoms with E-state index in [-0.39, 0.29) is 5.78 Å². The Morgan fingerprint density at radius 2 is 1.68 bits per heavy atom. The van der Waals surface area contributed by atoms with Crippen molar-refractivity contribution in [1.82, 2.24) is 0 Å². The molecule has 1 amide bonds. The number of rotatable bonds is 2. The van der Waals surface area contributed by atoms with Gasteiger partial charge >= 0.3 is 0 Å². The lowest BCUT2D eigenvalue weighted by Gasteiger charge is -2.14. The third kappa shape index (κ3) is 2.50. The fraction of sp³-hybridized carbons (Fsp3) is 0.0667. The topological polar surface area (TPSA) is 46.2 Å². The second-order valence-electron chi connectivity index (χ2n) is 4.63. The first-order valence-electron chi connectivity index (χ1n) is 6.17. The number of amides is 1. The van der Waals surface area contributed by atoms with Crippen molar-refractivity contribution in [3.05, 3.63) is 50.4 Å². The number of anilines is 1. The molecule has 0 atom stereocenters. The molecule has 2 aromatic rings. The number of hydrogen-bond donors (Lipinski definition) is 1. The molecule has 0 fully saturated rings. The predicted molar refractivity (Wildman–Crippen MR) is 94.8 cm³/mol. The van der Waals surface area contributed by atoms with Crippen molar-refractivity contribution in [1.29, 1.82) is 0 Å². The Hall–Kier alpha value is -0.880. The number of carbonyl (C=O) groups is 2. The smallest absolute Gasteiger partial charge is 0.257 e. The molecule has 0 saturated heterocycles. The molecular weight excluding hydrogens is 457 g/mol. The SMILES string of the molecule is O=C1c2ccccc2-c2c(Br)cc(Br)c(NC(=O)C(Cl)Cl)c21. The fourth-order valence-electron chi connectivity index (χ4n) is 2.44. The summed E-state index contributed by atoms with van der Waals surface area (Å²) in [7, 11) is 0. The average Bonchev–Trinajstić information content (AvgIpc) is 2.77. The van der Waals surface area contributed by atoms with Gasteiger partial charge in [0.15, 0.2) is 10.6 Å². The third-order valence-corrected chi connectivity index (χ3v) is 4.99. The highest BCUT2D eigenvalue weighted by molar-refractivity contribution is 9.11. The maximum Gasteiger partial charge on any atom is 0.257 e. The number of carbonyl (C=O) groups excluding carboxylic acids is 2. The summed E-state index contributed by atoms with van der Waals surface area (Å²) in [5.74, 6) is -0.735. The van der Waals surface area contributed by atoms with Gasteiger partial charge in [0.2, 0.25) is 0 Å². The van der Waals surface area contributed by atoms with Crippen LogP contribution in [-0.4, -0.2) is 16.5 Å². The van der Waals surface area contributed by atoms with Crippen molar-refractivity contribution in [2.24, 2.45) is 0 Å². The van der Waals surface area contributed by atoms with Crippen LogP contribution in [-0.2, 0) is 4.79 Å². The first kappa shape index (κ1) is 16.0. The van der Waals surface area contributed by atoms with Crippen molar-refractivity contribution in [2.75, 3.05) is 5.32 Å². The number of halogens is 4. The Morgan fingerprint density at radius 1 is 1.05 bits per heavy atom. The van der Waals surface area contributed by atoms with E-state index in [0.29, 0.717) is 21.3 Å². The highest BCUT2D eigenvalue weighted by Crippen LogP contribution is 2.47. The van der Waals surface area contributed by atoms with Gasteiger partial charge in [0, 0.05) is 20.1 Å². The van der Waals surface area contributed by atoms with Gasteiger partial charge in [0.05, 0.1) is 11.3 Å². The van der Waals surface area contributed by atoms with Gasteiger partial charge in [-0.2, -0.15) is 0 Å². The van der Waals surface area contributed by atoms with Crippen LogP contribution in [0.25, 0.3) is 11.1 Å². The Morgan fingerprint density at radius 3 is 2.32 bits per heavy atom. The molecule has 112 valence electrons. The molecule has 22 heavy (non-hydrogen) atoms. The van der Waals surface area contributed by atoms with Crippen molar-refractivity contribution >= 4 is 72.4 Å². The zero-order valence-corrected chi connectivity index (χ0v) is 15.5. The van der Waals surface area contributed by atoms with Gasteiger partial charge in [-0.3, -0.25) is 9.59 Å². The molecule has 3 rings (SSSR count). The highest BCUT2D eigenvalue weighted by atomic mass is 79.9. The maximum absolute atomic E-state index is 12.7. The molecule has 0 spiro atoms. The van der Waals surface area contributed by atoms with Gasteiger partial charge in [-0.05, 0) is 27.6 Å². The Labute approximate surface area is 153 Å². The van der Waals surface area contributed by atoms with Crippen LogP contribution in [0, 0.1) is 0 Å². The van der Waals surface area contributed by atoms with Gasteiger partial charge in [-0.25, -0.2) is 0 Å². The number of fused-ring (bicyclic) bond motifs is 3. The monoisotopic (exact) mass is 461 g/mol. The minimum absolute atomic E-state index is 0.149. The van der Waals surface area contributed by atoms with E-state index in [9.17, 15) is 9.59 Å². The largest absolute Gasteiger partial charge is 0.322 e. The number of ketones is 1. The lowest BCUT2D eigenvalue weighted by Crippen LogP contribution is -2.20. The summed E-state index contributed by atoms with van der Waals surface area (Å²) in [6, 6.07) is 9.07. The van der Waals surface area contributed by atoms with Gasteiger partial charge in [-0.15, -0.1) is 0 Å². The van der Waals surface area contributed by atoms with Crippen LogP contribution in [0.3, 0.4) is 0 Å². The second-order valence-corrected chi connectivity index (χ2v) is 7.43. The van der Waals surface area contributed by atoms with Crippen molar-refractivity contribution in [3.8, 4) is 11.1 Å². The third-order valence-electron chi connectivity index (χ3n) is 3.35. The van der Waals surface area contributed by atoms with Crippen LogP contribution < -0.4 is 5.32 Å². The molecule has 2 aromatic carbocycles. The van der Waals surface area contributed by atoms with Crippen LogP contribution in [0.15, 0.2) is 39.3 Å². The molecule has 0 heterocycles. The molecule has 0 radical (unpaired) electrons. The molecule has 7 heteroatoms. The molecule has 3 nitrogen and oxygen atoms in total. The average molecular weight is 464 g/mol. The van der Waals surface area contributed by atoms with Gasteiger partial charge in [-0.1, -0.05) is 63.4 Å². The minimum Gasteiger partial charge on any atom is -0.322 e. The molecule has 1 aliphatic rings. The van der Waals surface area contributed by atoms with E-state index in [2.05, 4.69) is 37.2 Å². The van der Waals surface area contributed by atoms with Crippen LogP contribution in [0.1, 0.15) is 15.9 Å². The first-order valence-corrected chi connectivity index (χ1v) is 8.62. The molecule has 0 aromatic heterocycles. The van der Waals surface area contributed by atoms with Crippen LogP contribution >= 0.6 is 55.1 Å². The summed E-state index contributed by atoms with van der Waals surface area (Å²) in [6.45, 7) is 0. The Kier molecular flexibility index (Phi) is 4.34. The quantitative estimate of drug-likeness (QED) is 0.533. The lowest BCUT2D eigenvalue weighted by atomic mass is 10.0. The lowest BCUT2D eigenvalue weighted by molar-refractivity contribution is -0.114. The molecule has 0 saturated carbocycles. The zero-order valence-electron chi connectivity index (χ0n) is 10.8. The summed E-state index contributed by atoms with van der Waals surface area (Å²) < 4.78 is 1.33. The van der Waals surface area contributed by atoms with E-state index in [1.165, 1.54) is 0 Å². The summed E-state index contributed by atoms with van der Waals surface area (Å²) in [4.78, 5) is 23.3. The van der Waals surface area contributed by atoms with Crippen LogP contribution in [0.4, 0.5) is 5.69 Å². The molecule has 1 N–H and O–H groups in total. The van der Waals surface area contributed by atoms with Crippen molar-refractivity contribution in [2.45, 2.75) is 4.84 Å². The normalized spacial score (nSPS) is 12.3. The molecule has 1 aliphatic carbocycles. The van der Waals surface area contributed by atoms with E-state index in [0.717, 1.165) is 15.6 Å². The molecule has 0 aliphatic heterocycles. The van der Waals surface area contributed by atoms with Crippen LogP contribution in [0.5, 0.6) is 0 Å². The van der Waals surface area contributed by atoms with Gasteiger partial charge in [0.25, 0.3) is 5.91 Å². The number of benzene rings is 2. The Balaban J connectivity index is 2.24. The molecule has 0 unspecified atom stereocenters. The second kappa shape index (κ2) is 5.96. The van der Waals surface area contributed by atoms with Gasteiger partial charge < -0.3 is 5.32 Å². The maximum atomic E-state index is 12.7. The first-order chi connectivity index (χ1) is 10.4. The number of alkyl halides is 2. The van der Waals surface area contributed by atoms with E-state index in [4.69, 9.17) is 23.2 Å². The molecule has 0 bridgehead atoms. The fourth-order valence-corrected chi connectivity index (χ4v) is 4.03. The molecular formula is C15H7Br2Cl2NO2.